The number of hydrogen-bond donors (Lipinski definition) is 6. The van der Waals surface area contributed by atoms with Gasteiger partial charge in [-0.25, -0.2) is 25.3 Å². The van der Waals surface area contributed by atoms with Crippen molar-refractivity contribution in [3.05, 3.63) is 0 Å². The normalized spacial score (nSPS) is 46.9. The van der Waals surface area contributed by atoms with Crippen molar-refractivity contribution in [2.24, 2.45) is 34.4 Å². The Morgan fingerprint density at radius 3 is 0.952 bits per heavy atom. The fraction of sp³-hybridized carbons (Fsp3) is 1.00. The van der Waals surface area contributed by atoms with E-state index in [4.69, 9.17) is 43.9 Å². The maximum Gasteiger partial charge on any atom is 0.211 e. The lowest BCUT2D eigenvalue weighted by Crippen LogP contribution is -2.49. The Bertz CT molecular complexity index is 1670. The van der Waals surface area contributed by atoms with Crippen LogP contribution in [-0.4, -0.2) is 154 Å². The standard InChI is InChI=1S/C8H16N2O2S.C8H16N2.2C7H13NO2S.2C7H13NO/c1-13(11,12)10-7-2-3-8(10)5-6(9)4-7;1-10-7-2-3-8(10)5-6(9)4-7;2*8-5-3-6-1-2-7(4-5)11(6,9)10;2*8-5-3-6-1-2-7(4-5)9-6/h6-8H,2-5,9H2,1H3;6-8H,2-5,9H2,1H3;2*5-7H,1-4,8H2;2*5-7H,1-4,8H2. The van der Waals surface area contributed by atoms with Crippen LogP contribution >= 0.6 is 0 Å². The fourth-order valence-electron chi connectivity index (χ4n) is 13.5. The molecule has 0 spiro atoms. The Balaban J connectivity index is 0.000000114. The summed E-state index contributed by atoms with van der Waals surface area (Å²) in [6, 6.07) is 3.82. The second-order valence-electron chi connectivity index (χ2n) is 21.7. The van der Waals surface area contributed by atoms with Crippen LogP contribution in [0.3, 0.4) is 0 Å². The molecule has 16 nitrogen and oxygen atoms in total. The summed E-state index contributed by atoms with van der Waals surface area (Å²) in [5, 5.41) is -0.403. The van der Waals surface area contributed by atoms with Gasteiger partial charge in [0.15, 0.2) is 19.7 Å². The molecular formula is C44H84N8O8S3. The predicted octanol–water partition coefficient (Wildman–Crippen LogP) is 1.89. The Hall–Kier alpha value is -0.550. The molecular weight excluding hydrogens is 865 g/mol. The van der Waals surface area contributed by atoms with Crippen LogP contribution in [0.25, 0.3) is 0 Å². The average Bonchev–Trinajstić information content (AvgIpc) is 3.90. The van der Waals surface area contributed by atoms with Crippen LogP contribution in [0.4, 0.5) is 0 Å². The van der Waals surface area contributed by atoms with Crippen molar-refractivity contribution in [3.8, 4) is 0 Å². The lowest BCUT2D eigenvalue weighted by molar-refractivity contribution is -0.00263. The van der Waals surface area contributed by atoms with Crippen LogP contribution in [0, 0.1) is 0 Å². The molecule has 12 aliphatic heterocycles. The van der Waals surface area contributed by atoms with Crippen LogP contribution in [-0.2, 0) is 39.2 Å². The lowest BCUT2D eigenvalue weighted by atomic mass is 9.99. The zero-order valence-electron chi connectivity index (χ0n) is 38.2. The van der Waals surface area contributed by atoms with Crippen molar-refractivity contribution in [3.63, 3.8) is 0 Å². The van der Waals surface area contributed by atoms with Crippen LogP contribution in [0.5, 0.6) is 0 Å². The molecule has 0 aliphatic carbocycles. The molecule has 12 aliphatic rings. The third-order valence-electron chi connectivity index (χ3n) is 16.6. The van der Waals surface area contributed by atoms with Gasteiger partial charge in [0.05, 0.1) is 51.7 Å². The van der Waals surface area contributed by atoms with Gasteiger partial charge >= 0.3 is 0 Å². The quantitative estimate of drug-likeness (QED) is 0.219. The third kappa shape index (κ3) is 12.6. The Kier molecular flexibility index (Phi) is 16.8. The van der Waals surface area contributed by atoms with Gasteiger partial charge in [0, 0.05) is 60.4 Å². The first-order chi connectivity index (χ1) is 29.6. The molecule has 366 valence electrons. The van der Waals surface area contributed by atoms with Crippen molar-refractivity contribution in [2.45, 2.75) is 260 Å². The maximum absolute atomic E-state index is 11.5. The molecule has 12 unspecified atom stereocenters. The molecule has 12 atom stereocenters. The van der Waals surface area contributed by atoms with E-state index in [2.05, 4.69) is 11.9 Å². The highest BCUT2D eigenvalue weighted by Gasteiger charge is 2.47. The van der Waals surface area contributed by atoms with E-state index in [1.807, 2.05) is 0 Å². The van der Waals surface area contributed by atoms with Gasteiger partial charge in [0.1, 0.15) is 0 Å². The fourth-order valence-corrected chi connectivity index (χ4v) is 19.9. The Morgan fingerprint density at radius 2 is 0.651 bits per heavy atom. The average molecular weight is 949 g/mol. The minimum atomic E-state index is -3.01. The van der Waals surface area contributed by atoms with E-state index in [9.17, 15) is 25.3 Å². The predicted molar refractivity (Wildman–Crippen MR) is 249 cm³/mol. The molecule has 0 amide bonds. The van der Waals surface area contributed by atoms with E-state index in [1.54, 1.807) is 4.31 Å². The van der Waals surface area contributed by atoms with Gasteiger partial charge in [-0.2, -0.15) is 4.31 Å². The zero-order valence-corrected chi connectivity index (χ0v) is 40.7. The van der Waals surface area contributed by atoms with Gasteiger partial charge in [-0.3, -0.25) is 0 Å². The highest BCUT2D eigenvalue weighted by molar-refractivity contribution is 7.93. The SMILES string of the molecule is CN1C2CCC1CC(N)C2.CS(=O)(=O)N1C2CCC1CC(N)C2.NC1CC2CCC(C1)O2.NC1CC2CCC(C1)O2.NC1CC2CCC(C1)S2(=O)=O.NC1CC2CCC(C1)S2(=O)=O. The van der Waals surface area contributed by atoms with Crippen molar-refractivity contribution in [2.75, 3.05) is 13.3 Å². The summed E-state index contributed by atoms with van der Waals surface area (Å²) < 4.78 is 81.6. The van der Waals surface area contributed by atoms with E-state index in [1.165, 1.54) is 57.6 Å². The molecule has 12 fully saturated rings. The summed E-state index contributed by atoms with van der Waals surface area (Å²) in [4.78, 5) is 2.52. The van der Waals surface area contributed by atoms with E-state index >= 15 is 0 Å². The van der Waals surface area contributed by atoms with Crippen LogP contribution in [0.1, 0.15) is 154 Å². The Morgan fingerprint density at radius 1 is 0.397 bits per heavy atom. The third-order valence-corrected chi connectivity index (χ3v) is 23.4. The minimum Gasteiger partial charge on any atom is -0.375 e. The first kappa shape index (κ1) is 50.3. The number of ether oxygens (including phenoxy) is 2. The molecule has 12 saturated heterocycles. The number of rotatable bonds is 1. The molecule has 0 radical (unpaired) electrons. The molecule has 63 heavy (non-hydrogen) atoms. The van der Waals surface area contributed by atoms with Gasteiger partial charge in [0.25, 0.3) is 0 Å². The molecule has 0 aromatic heterocycles. The maximum atomic E-state index is 11.5. The molecule has 0 aromatic carbocycles. The van der Waals surface area contributed by atoms with Crippen LogP contribution in [0.2, 0.25) is 0 Å². The second-order valence-corrected chi connectivity index (χ2v) is 28.6. The van der Waals surface area contributed by atoms with Crippen LogP contribution in [0.15, 0.2) is 0 Å². The first-order valence-electron chi connectivity index (χ1n) is 24.7. The van der Waals surface area contributed by atoms with Crippen molar-refractivity contribution in [1.29, 1.82) is 0 Å². The summed E-state index contributed by atoms with van der Waals surface area (Å²) in [6.07, 6.45) is 27.8. The molecule has 12 heterocycles. The zero-order chi connectivity index (χ0) is 45.4. The molecule has 12 rings (SSSR count). The molecule has 19 heteroatoms. The summed E-state index contributed by atoms with van der Waals surface area (Å²) in [5.74, 6) is 0. The second kappa shape index (κ2) is 21.0. The van der Waals surface area contributed by atoms with E-state index in [-0.39, 0.29) is 51.2 Å². The van der Waals surface area contributed by atoms with E-state index in [0.29, 0.717) is 68.2 Å². The van der Waals surface area contributed by atoms with Crippen molar-refractivity contribution in [1.82, 2.24) is 9.21 Å². The summed E-state index contributed by atoms with van der Waals surface area (Å²) in [6.45, 7) is 0. The Labute approximate surface area is 379 Å². The van der Waals surface area contributed by atoms with Crippen molar-refractivity contribution < 1.29 is 34.7 Å². The summed E-state index contributed by atoms with van der Waals surface area (Å²) >= 11 is 0. The van der Waals surface area contributed by atoms with Gasteiger partial charge in [-0.05, 0) is 161 Å². The number of nitrogens with two attached hydrogens (primary N) is 6. The smallest absolute Gasteiger partial charge is 0.211 e. The van der Waals surface area contributed by atoms with E-state index in [0.717, 1.165) is 89.1 Å². The van der Waals surface area contributed by atoms with Gasteiger partial charge in [0.2, 0.25) is 10.0 Å². The topological polar surface area (TPSA) is 283 Å². The van der Waals surface area contributed by atoms with E-state index < -0.39 is 29.7 Å². The number of nitrogens with zero attached hydrogens (tertiary/aromatic N) is 2. The number of fused-ring (bicyclic) bond motifs is 12. The monoisotopic (exact) mass is 949 g/mol. The number of sulfone groups is 2. The number of piperidine rings is 2. The van der Waals surface area contributed by atoms with Gasteiger partial charge in [-0.15, -0.1) is 0 Å². The molecule has 0 aromatic rings. The summed E-state index contributed by atoms with van der Waals surface area (Å²) in [7, 11) is -6.25. The highest BCUT2D eigenvalue weighted by atomic mass is 32.2. The number of sulfonamides is 1. The number of hydrogen-bond acceptors (Lipinski definition) is 15. The highest BCUT2D eigenvalue weighted by Crippen LogP contribution is 2.40. The van der Waals surface area contributed by atoms with Gasteiger partial charge in [-0.1, -0.05) is 0 Å². The van der Waals surface area contributed by atoms with Crippen LogP contribution < -0.4 is 34.4 Å². The van der Waals surface area contributed by atoms with Gasteiger partial charge < -0.3 is 48.8 Å². The first-order valence-corrected chi connectivity index (χ1v) is 29.7. The molecule has 12 bridgehead atoms. The molecule has 12 N–H and O–H groups in total. The summed E-state index contributed by atoms with van der Waals surface area (Å²) in [5.41, 5.74) is 34.7. The van der Waals surface area contributed by atoms with Crippen molar-refractivity contribution >= 4 is 29.7 Å². The molecule has 0 saturated carbocycles. The lowest BCUT2D eigenvalue weighted by Gasteiger charge is -2.35. The minimum absolute atomic E-state index is 0.101. The largest absolute Gasteiger partial charge is 0.375 e.